The summed E-state index contributed by atoms with van der Waals surface area (Å²) in [4.78, 5) is 15.8. The van der Waals surface area contributed by atoms with Gasteiger partial charge in [0.25, 0.3) is 0 Å². The number of ether oxygens (including phenoxy) is 1. The van der Waals surface area contributed by atoms with Crippen LogP contribution in [0, 0.1) is 0 Å². The highest BCUT2D eigenvalue weighted by atomic mass is 16.5. The molecule has 1 atom stereocenters. The van der Waals surface area contributed by atoms with Gasteiger partial charge in [0.1, 0.15) is 5.76 Å². The molecular formula is C14H23N3O3. The Bertz CT molecular complexity index is 402. The van der Waals surface area contributed by atoms with E-state index in [9.17, 15) is 4.79 Å². The molecule has 1 aliphatic rings. The van der Waals surface area contributed by atoms with Crippen LogP contribution in [0.15, 0.2) is 22.8 Å². The van der Waals surface area contributed by atoms with Crippen molar-refractivity contribution >= 4 is 5.91 Å². The van der Waals surface area contributed by atoms with E-state index in [1.807, 2.05) is 24.1 Å². The van der Waals surface area contributed by atoms with Gasteiger partial charge in [0, 0.05) is 26.7 Å². The third-order valence-electron chi connectivity index (χ3n) is 3.32. The second-order valence-corrected chi connectivity index (χ2v) is 5.22. The molecule has 0 bridgehead atoms. The van der Waals surface area contributed by atoms with Crippen molar-refractivity contribution in [3.05, 3.63) is 24.2 Å². The summed E-state index contributed by atoms with van der Waals surface area (Å²) in [5.41, 5.74) is 0. The van der Waals surface area contributed by atoms with Crippen LogP contribution in [0.1, 0.15) is 5.76 Å². The summed E-state index contributed by atoms with van der Waals surface area (Å²) >= 11 is 0. The number of furan rings is 1. The van der Waals surface area contributed by atoms with Gasteiger partial charge in [-0.3, -0.25) is 9.69 Å². The van der Waals surface area contributed by atoms with E-state index in [-0.39, 0.29) is 12.0 Å². The Morgan fingerprint density at radius 3 is 3.00 bits per heavy atom. The van der Waals surface area contributed by atoms with E-state index in [0.717, 1.165) is 32.0 Å². The number of rotatable bonds is 6. The van der Waals surface area contributed by atoms with Crippen LogP contribution in [-0.4, -0.2) is 68.7 Å². The zero-order valence-electron chi connectivity index (χ0n) is 12.2. The minimum Gasteiger partial charge on any atom is -0.467 e. The van der Waals surface area contributed by atoms with Crippen molar-refractivity contribution in [3.8, 4) is 0 Å². The van der Waals surface area contributed by atoms with E-state index in [2.05, 4.69) is 5.32 Å². The Balaban J connectivity index is 1.72. The maximum absolute atomic E-state index is 12.1. The number of nitrogens with one attached hydrogen (secondary N) is 1. The molecule has 1 fully saturated rings. The van der Waals surface area contributed by atoms with E-state index in [1.54, 1.807) is 18.2 Å². The lowest BCUT2D eigenvalue weighted by molar-refractivity contribution is -0.132. The fourth-order valence-corrected chi connectivity index (χ4v) is 2.23. The summed E-state index contributed by atoms with van der Waals surface area (Å²) < 4.78 is 10.9. The third kappa shape index (κ3) is 4.63. The zero-order valence-corrected chi connectivity index (χ0v) is 12.2. The number of hydrogen-bond donors (Lipinski definition) is 1. The van der Waals surface area contributed by atoms with Gasteiger partial charge in [-0.15, -0.1) is 0 Å². The van der Waals surface area contributed by atoms with Gasteiger partial charge in [0.2, 0.25) is 5.91 Å². The van der Waals surface area contributed by atoms with Gasteiger partial charge < -0.3 is 19.4 Å². The molecule has 0 aliphatic carbocycles. The van der Waals surface area contributed by atoms with Gasteiger partial charge >= 0.3 is 0 Å². The summed E-state index contributed by atoms with van der Waals surface area (Å²) in [5, 5.41) is 3.29. The Kier molecular flexibility index (Phi) is 5.58. The van der Waals surface area contributed by atoms with E-state index in [4.69, 9.17) is 9.15 Å². The third-order valence-corrected chi connectivity index (χ3v) is 3.32. The molecule has 0 saturated carbocycles. The maximum Gasteiger partial charge on any atom is 0.236 e. The molecule has 1 saturated heterocycles. The largest absolute Gasteiger partial charge is 0.467 e. The second-order valence-electron chi connectivity index (χ2n) is 5.22. The van der Waals surface area contributed by atoms with Crippen molar-refractivity contribution in [2.45, 2.75) is 12.6 Å². The molecular weight excluding hydrogens is 258 g/mol. The molecule has 0 radical (unpaired) electrons. The molecule has 2 rings (SSSR count). The van der Waals surface area contributed by atoms with Crippen molar-refractivity contribution in [3.63, 3.8) is 0 Å². The summed E-state index contributed by atoms with van der Waals surface area (Å²) in [5.74, 6) is 0.871. The van der Waals surface area contributed by atoms with Crippen LogP contribution in [0.25, 0.3) is 0 Å². The van der Waals surface area contributed by atoms with Crippen LogP contribution >= 0.6 is 0 Å². The molecule has 6 heteroatoms. The van der Waals surface area contributed by atoms with Crippen LogP contribution in [0.3, 0.4) is 0 Å². The highest BCUT2D eigenvalue weighted by Gasteiger charge is 2.18. The lowest BCUT2D eigenvalue weighted by Gasteiger charge is -2.28. The van der Waals surface area contributed by atoms with Gasteiger partial charge in [0.15, 0.2) is 0 Å². The van der Waals surface area contributed by atoms with Crippen LogP contribution in [-0.2, 0) is 16.1 Å². The molecule has 2 heterocycles. The normalized spacial score (nSPS) is 19.2. The minimum absolute atomic E-state index is 0.0765. The number of hydrogen-bond acceptors (Lipinski definition) is 5. The van der Waals surface area contributed by atoms with Crippen molar-refractivity contribution in [2.24, 2.45) is 0 Å². The first-order valence-corrected chi connectivity index (χ1v) is 6.92. The Morgan fingerprint density at radius 2 is 2.35 bits per heavy atom. The van der Waals surface area contributed by atoms with Crippen LogP contribution in [0.2, 0.25) is 0 Å². The summed E-state index contributed by atoms with van der Waals surface area (Å²) in [6.07, 6.45) is 1.78. The smallest absolute Gasteiger partial charge is 0.236 e. The first kappa shape index (κ1) is 15.0. The van der Waals surface area contributed by atoms with Crippen molar-refractivity contribution in [1.29, 1.82) is 0 Å². The lowest BCUT2D eigenvalue weighted by Crippen LogP contribution is -2.46. The number of carbonyl (C=O) groups excluding carboxylic acids is 1. The Hall–Kier alpha value is -1.37. The van der Waals surface area contributed by atoms with Gasteiger partial charge in [-0.25, -0.2) is 0 Å². The lowest BCUT2D eigenvalue weighted by atomic mass is 10.3. The standard InChI is InChI=1S/C14H23N3O3/c1-16(9-13-8-15-5-7-20-13)11-14(18)17(2)10-12-4-3-6-19-12/h3-4,6,13,15H,5,7-11H2,1-2H3. The first-order valence-electron chi connectivity index (χ1n) is 6.92. The summed E-state index contributed by atoms with van der Waals surface area (Å²) in [6, 6.07) is 3.70. The minimum atomic E-state index is 0.0765. The quantitative estimate of drug-likeness (QED) is 0.805. The molecule has 1 aromatic rings. The van der Waals surface area contributed by atoms with E-state index in [0.29, 0.717) is 13.1 Å². The maximum atomic E-state index is 12.1. The van der Waals surface area contributed by atoms with Crippen LogP contribution in [0.5, 0.6) is 0 Å². The van der Waals surface area contributed by atoms with Gasteiger partial charge in [-0.2, -0.15) is 0 Å². The Morgan fingerprint density at radius 1 is 1.50 bits per heavy atom. The molecule has 0 aromatic carbocycles. The number of morpholine rings is 1. The molecule has 1 N–H and O–H groups in total. The summed E-state index contributed by atoms with van der Waals surface area (Å²) in [7, 11) is 3.73. The first-order chi connectivity index (χ1) is 9.65. The van der Waals surface area contributed by atoms with Crippen molar-refractivity contribution in [1.82, 2.24) is 15.1 Å². The molecule has 0 spiro atoms. The van der Waals surface area contributed by atoms with Crippen molar-refractivity contribution < 1.29 is 13.9 Å². The average Bonchev–Trinajstić information content (AvgIpc) is 2.92. The highest BCUT2D eigenvalue weighted by Crippen LogP contribution is 2.05. The van der Waals surface area contributed by atoms with Crippen LogP contribution < -0.4 is 5.32 Å². The topological polar surface area (TPSA) is 58.0 Å². The monoisotopic (exact) mass is 281 g/mol. The number of amides is 1. The van der Waals surface area contributed by atoms with Gasteiger partial charge in [0.05, 0.1) is 32.1 Å². The SMILES string of the molecule is CN(CC(=O)N(C)Cc1ccco1)CC1CNCCO1. The summed E-state index contributed by atoms with van der Waals surface area (Å²) in [6.45, 7) is 4.14. The molecule has 1 amide bonds. The molecule has 20 heavy (non-hydrogen) atoms. The zero-order chi connectivity index (χ0) is 14.4. The highest BCUT2D eigenvalue weighted by molar-refractivity contribution is 5.77. The van der Waals surface area contributed by atoms with E-state index in [1.165, 1.54) is 0 Å². The Labute approximate surface area is 119 Å². The molecule has 112 valence electrons. The van der Waals surface area contributed by atoms with Gasteiger partial charge in [-0.05, 0) is 19.2 Å². The predicted molar refractivity (Wildman–Crippen MR) is 75.3 cm³/mol. The fourth-order valence-electron chi connectivity index (χ4n) is 2.23. The second kappa shape index (κ2) is 7.42. The van der Waals surface area contributed by atoms with E-state index >= 15 is 0 Å². The molecule has 1 aromatic heterocycles. The average molecular weight is 281 g/mol. The molecule has 1 aliphatic heterocycles. The number of nitrogens with zero attached hydrogens (tertiary/aromatic N) is 2. The van der Waals surface area contributed by atoms with Crippen molar-refractivity contribution in [2.75, 3.05) is 46.9 Å². The number of likely N-dealkylation sites (N-methyl/N-ethyl adjacent to an activating group) is 2. The van der Waals surface area contributed by atoms with Crippen LogP contribution in [0.4, 0.5) is 0 Å². The van der Waals surface area contributed by atoms with Gasteiger partial charge in [-0.1, -0.05) is 0 Å². The number of carbonyl (C=O) groups is 1. The van der Waals surface area contributed by atoms with E-state index < -0.39 is 0 Å². The fraction of sp³-hybridized carbons (Fsp3) is 0.643. The predicted octanol–water partition coefficient (Wildman–Crippen LogP) is 0.158. The molecule has 1 unspecified atom stereocenters. The molecule has 6 nitrogen and oxygen atoms in total.